The molecule has 206 valence electrons. The van der Waals surface area contributed by atoms with Gasteiger partial charge in [0.15, 0.2) is 0 Å². The molecule has 7 heteroatoms. The molecule has 1 fully saturated rings. The molecule has 39 heavy (non-hydrogen) atoms. The number of alkyl halides is 3. The number of nitrogens with one attached hydrogen (secondary N) is 1. The van der Waals surface area contributed by atoms with E-state index in [0.29, 0.717) is 12.0 Å². The summed E-state index contributed by atoms with van der Waals surface area (Å²) in [4.78, 5) is 2.24. The zero-order chi connectivity index (χ0) is 27.4. The summed E-state index contributed by atoms with van der Waals surface area (Å²) in [6.45, 7) is 1.41. The van der Waals surface area contributed by atoms with Gasteiger partial charge in [-0.25, -0.2) is 4.39 Å². The minimum absolute atomic E-state index is 0.0788. The fourth-order valence-electron chi connectivity index (χ4n) is 5.74. The number of benzene rings is 3. The fourth-order valence-corrected chi connectivity index (χ4v) is 5.74. The quantitative estimate of drug-likeness (QED) is 0.222. The van der Waals surface area contributed by atoms with E-state index in [2.05, 4.69) is 30.0 Å². The molecule has 1 heterocycles. The second kappa shape index (κ2) is 12.2. The van der Waals surface area contributed by atoms with Crippen molar-refractivity contribution < 1.29 is 22.3 Å². The Hall–Kier alpha value is -3.32. The number of aryl methyl sites for hydroxylation is 2. The predicted molar refractivity (Wildman–Crippen MR) is 149 cm³/mol. The molecule has 3 nitrogen and oxygen atoms in total. The minimum Gasteiger partial charge on any atom is -0.489 e. The highest BCUT2D eigenvalue weighted by Crippen LogP contribution is 2.41. The number of hydrogen-bond acceptors (Lipinski definition) is 3. The van der Waals surface area contributed by atoms with Crippen LogP contribution in [0.3, 0.4) is 0 Å². The van der Waals surface area contributed by atoms with Gasteiger partial charge in [-0.05, 0) is 96.7 Å². The van der Waals surface area contributed by atoms with Crippen LogP contribution >= 0.6 is 0 Å². The van der Waals surface area contributed by atoms with Crippen molar-refractivity contribution in [3.05, 3.63) is 94.3 Å². The van der Waals surface area contributed by atoms with Crippen LogP contribution < -0.4 is 10.1 Å². The van der Waals surface area contributed by atoms with Crippen molar-refractivity contribution in [1.82, 2.24) is 4.90 Å². The molecular weight excluding hydrogens is 504 g/mol. The van der Waals surface area contributed by atoms with E-state index in [-0.39, 0.29) is 18.5 Å². The van der Waals surface area contributed by atoms with Crippen LogP contribution in [0.1, 0.15) is 53.5 Å². The molecule has 1 unspecified atom stereocenters. The Labute approximate surface area is 227 Å². The second-order valence-electron chi connectivity index (χ2n) is 10.4. The largest absolute Gasteiger partial charge is 0.489 e. The number of likely N-dealkylation sites (tertiary alicyclic amines) is 1. The average Bonchev–Trinajstić information content (AvgIpc) is 3.27. The molecule has 0 saturated carbocycles. The van der Waals surface area contributed by atoms with Crippen LogP contribution in [-0.2, 0) is 6.42 Å². The van der Waals surface area contributed by atoms with Gasteiger partial charge >= 0.3 is 6.55 Å². The van der Waals surface area contributed by atoms with Crippen LogP contribution in [0.5, 0.6) is 5.75 Å². The summed E-state index contributed by atoms with van der Waals surface area (Å²) < 4.78 is 59.2. The predicted octanol–water partition coefficient (Wildman–Crippen LogP) is 7.88. The maximum atomic E-state index is 14.8. The third kappa shape index (κ3) is 6.47. The fraction of sp³-hybridized carbons (Fsp3) is 0.375. The Bertz CT molecular complexity index is 1320. The highest BCUT2D eigenvalue weighted by Gasteiger charge is 2.24. The lowest BCUT2D eigenvalue weighted by Crippen LogP contribution is -2.26. The molecular formula is C32H34F4N2O. The van der Waals surface area contributed by atoms with Gasteiger partial charge in [0.1, 0.15) is 17.7 Å². The molecule has 0 aromatic heterocycles. The van der Waals surface area contributed by atoms with Crippen molar-refractivity contribution in [2.45, 2.75) is 51.7 Å². The summed E-state index contributed by atoms with van der Waals surface area (Å²) in [5.41, 5.74) is 7.04. The summed E-state index contributed by atoms with van der Waals surface area (Å²) in [7, 11) is 0. The molecule has 1 aliphatic heterocycles. The average molecular weight is 539 g/mol. The van der Waals surface area contributed by atoms with E-state index in [1.807, 2.05) is 29.6 Å². The molecule has 0 amide bonds. The lowest BCUT2D eigenvalue weighted by Gasteiger charge is -2.19. The molecule has 1 saturated heterocycles. The number of halogens is 4. The van der Waals surface area contributed by atoms with Crippen LogP contribution in [0.4, 0.5) is 23.2 Å². The highest BCUT2D eigenvalue weighted by molar-refractivity contribution is 6.00. The first-order chi connectivity index (χ1) is 18.9. The Balaban J connectivity index is 1.48. The summed E-state index contributed by atoms with van der Waals surface area (Å²) in [5.74, 6) is 0.0818. The van der Waals surface area contributed by atoms with E-state index in [1.54, 1.807) is 6.07 Å². The van der Waals surface area contributed by atoms with E-state index in [9.17, 15) is 17.6 Å². The summed E-state index contributed by atoms with van der Waals surface area (Å²) in [6, 6.07) is 18.9. The molecule has 1 N–H and O–H groups in total. The van der Waals surface area contributed by atoms with Crippen molar-refractivity contribution in [2.75, 3.05) is 31.6 Å². The zero-order valence-corrected chi connectivity index (χ0v) is 22.2. The number of rotatable bonds is 9. The van der Waals surface area contributed by atoms with Crippen LogP contribution in [-0.4, -0.2) is 43.9 Å². The maximum Gasteiger partial charge on any atom is 0.313 e. The highest BCUT2D eigenvalue weighted by atomic mass is 19.3. The third-order valence-electron chi connectivity index (χ3n) is 7.57. The number of allylic oxidation sites excluding steroid dienone is 1. The number of anilines is 1. The molecule has 2 aliphatic rings. The van der Waals surface area contributed by atoms with Gasteiger partial charge in [0.2, 0.25) is 0 Å². The van der Waals surface area contributed by atoms with Crippen molar-refractivity contribution in [1.29, 1.82) is 0 Å². The first kappa shape index (κ1) is 27.3. The first-order valence-electron chi connectivity index (χ1n) is 13.6. The maximum absolute atomic E-state index is 14.8. The second-order valence-corrected chi connectivity index (χ2v) is 10.4. The standard InChI is InChI=1S/C32H34F4N2O/c1-21-6-12-28-23(18-21)4-2-5-27(24-9-13-30(29(34)19-24)37-32(35)36)31(28)22-7-10-25(11-8-22)39-26-14-17-38(20-26)16-3-15-33/h6-13,18-19,26,32,37H,2-5,14-17,20H2,1H3. The SMILES string of the molecule is Cc1ccc2c(c1)CCCC(c1ccc(NC(F)F)c(F)c1)=C2c1ccc(OC2CCN(CCCF)C2)cc1. The van der Waals surface area contributed by atoms with Gasteiger partial charge < -0.3 is 10.1 Å². The van der Waals surface area contributed by atoms with Crippen molar-refractivity contribution in [3.63, 3.8) is 0 Å². The van der Waals surface area contributed by atoms with Crippen LogP contribution in [0.2, 0.25) is 0 Å². The molecule has 5 rings (SSSR count). The van der Waals surface area contributed by atoms with Gasteiger partial charge in [-0.15, -0.1) is 0 Å². The zero-order valence-electron chi connectivity index (χ0n) is 22.2. The molecule has 3 aromatic rings. The summed E-state index contributed by atoms with van der Waals surface area (Å²) >= 11 is 0. The molecule has 1 aliphatic carbocycles. The lowest BCUT2D eigenvalue weighted by molar-refractivity contribution is 0.181. The lowest BCUT2D eigenvalue weighted by atomic mass is 9.87. The molecule has 3 aromatic carbocycles. The number of fused-ring (bicyclic) bond motifs is 1. The monoisotopic (exact) mass is 538 g/mol. The van der Waals surface area contributed by atoms with Gasteiger partial charge in [0, 0.05) is 19.6 Å². The normalized spacial score (nSPS) is 17.8. The van der Waals surface area contributed by atoms with Crippen molar-refractivity contribution in [3.8, 4) is 5.75 Å². The van der Waals surface area contributed by atoms with E-state index in [4.69, 9.17) is 4.74 Å². The van der Waals surface area contributed by atoms with E-state index in [1.165, 1.54) is 23.3 Å². The van der Waals surface area contributed by atoms with Gasteiger partial charge in [-0.3, -0.25) is 9.29 Å². The number of nitrogens with zero attached hydrogens (tertiary/aromatic N) is 1. The van der Waals surface area contributed by atoms with E-state index in [0.717, 1.165) is 73.3 Å². The molecule has 1 atom stereocenters. The minimum atomic E-state index is -2.84. The van der Waals surface area contributed by atoms with Crippen LogP contribution in [0.15, 0.2) is 60.7 Å². The molecule has 0 bridgehead atoms. The first-order valence-corrected chi connectivity index (χ1v) is 13.6. The Kier molecular flexibility index (Phi) is 8.56. The summed E-state index contributed by atoms with van der Waals surface area (Å²) in [6.07, 6.45) is 4.08. The number of ether oxygens (including phenoxy) is 1. The molecule has 0 radical (unpaired) electrons. The van der Waals surface area contributed by atoms with E-state index >= 15 is 0 Å². The van der Waals surface area contributed by atoms with Crippen molar-refractivity contribution in [2.24, 2.45) is 0 Å². The Morgan fingerprint density at radius 3 is 2.54 bits per heavy atom. The Morgan fingerprint density at radius 2 is 1.79 bits per heavy atom. The Morgan fingerprint density at radius 1 is 1.00 bits per heavy atom. The smallest absolute Gasteiger partial charge is 0.313 e. The van der Waals surface area contributed by atoms with E-state index < -0.39 is 12.4 Å². The third-order valence-corrected chi connectivity index (χ3v) is 7.57. The van der Waals surface area contributed by atoms with Gasteiger partial charge in [-0.2, -0.15) is 8.78 Å². The summed E-state index contributed by atoms with van der Waals surface area (Å²) in [5, 5.41) is 1.87. The van der Waals surface area contributed by atoms with Crippen molar-refractivity contribution >= 4 is 16.8 Å². The van der Waals surface area contributed by atoms with Crippen LogP contribution in [0, 0.1) is 12.7 Å². The van der Waals surface area contributed by atoms with Gasteiger partial charge in [-0.1, -0.05) is 42.0 Å². The van der Waals surface area contributed by atoms with Gasteiger partial charge in [0.05, 0.1) is 12.4 Å². The molecule has 0 spiro atoms. The van der Waals surface area contributed by atoms with Crippen LogP contribution in [0.25, 0.3) is 11.1 Å². The number of hydrogen-bond donors (Lipinski definition) is 1. The van der Waals surface area contributed by atoms with Gasteiger partial charge in [0.25, 0.3) is 0 Å². The topological polar surface area (TPSA) is 24.5 Å².